The van der Waals surface area contributed by atoms with E-state index in [0.29, 0.717) is 32.2 Å². The first-order valence-corrected chi connectivity index (χ1v) is 11.2. The molecule has 0 spiro atoms. The van der Waals surface area contributed by atoms with Crippen molar-refractivity contribution in [3.8, 4) is 11.5 Å². The summed E-state index contributed by atoms with van der Waals surface area (Å²) in [4.78, 5) is 30.3. The second-order valence-electron chi connectivity index (χ2n) is 6.95. The van der Waals surface area contributed by atoms with Gasteiger partial charge in [0.1, 0.15) is 0 Å². The van der Waals surface area contributed by atoms with Crippen molar-refractivity contribution in [1.82, 2.24) is 0 Å². The van der Waals surface area contributed by atoms with Gasteiger partial charge in [-0.25, -0.2) is 4.99 Å². The number of nitro benzene ring substituents is 1. The number of phenolic OH excluding ortho intramolecular Hbond substituents is 1. The molecule has 0 aliphatic carbocycles. The van der Waals surface area contributed by atoms with E-state index in [4.69, 9.17) is 27.9 Å². The van der Waals surface area contributed by atoms with Crippen LogP contribution in [0.25, 0.3) is 6.08 Å². The number of halogens is 2. The highest BCUT2D eigenvalue weighted by Crippen LogP contribution is 2.41. The van der Waals surface area contributed by atoms with Crippen molar-refractivity contribution in [2.24, 2.45) is 4.99 Å². The Morgan fingerprint density at radius 1 is 1.09 bits per heavy atom. The molecule has 0 atom stereocenters. The van der Waals surface area contributed by atoms with Gasteiger partial charge in [0.15, 0.2) is 10.9 Å². The SMILES string of the molecule is COc1cc(/C=C2\SC(=Nc3ccc(Cl)cc3)N(c3ccc(Cl)cc3)C2=O)cc([N+](=O)[O-])c1O. The van der Waals surface area contributed by atoms with Crippen molar-refractivity contribution in [3.05, 3.63) is 91.3 Å². The molecule has 3 aromatic carbocycles. The number of phenols is 1. The molecule has 8 nitrogen and oxygen atoms in total. The topological polar surface area (TPSA) is 105 Å². The van der Waals surface area contributed by atoms with Crippen molar-refractivity contribution in [2.75, 3.05) is 12.0 Å². The quantitative estimate of drug-likeness (QED) is 0.238. The number of benzene rings is 3. The lowest BCUT2D eigenvalue weighted by molar-refractivity contribution is -0.386. The van der Waals surface area contributed by atoms with Crippen LogP contribution in [-0.2, 0) is 4.79 Å². The summed E-state index contributed by atoms with van der Waals surface area (Å²) in [5, 5.41) is 22.8. The van der Waals surface area contributed by atoms with E-state index in [9.17, 15) is 20.0 Å². The Labute approximate surface area is 208 Å². The maximum absolute atomic E-state index is 13.4. The van der Waals surface area contributed by atoms with Crippen LogP contribution in [0.3, 0.4) is 0 Å². The molecule has 1 amide bonds. The summed E-state index contributed by atoms with van der Waals surface area (Å²) in [5.74, 6) is -1.05. The zero-order chi connectivity index (χ0) is 24.4. The van der Waals surface area contributed by atoms with Crippen LogP contribution in [-0.4, -0.2) is 28.2 Å². The van der Waals surface area contributed by atoms with Gasteiger partial charge in [-0.1, -0.05) is 23.2 Å². The molecule has 172 valence electrons. The smallest absolute Gasteiger partial charge is 0.315 e. The van der Waals surface area contributed by atoms with Gasteiger partial charge in [-0.3, -0.25) is 19.8 Å². The maximum atomic E-state index is 13.4. The lowest BCUT2D eigenvalue weighted by atomic mass is 10.1. The van der Waals surface area contributed by atoms with Crippen molar-refractivity contribution in [3.63, 3.8) is 0 Å². The van der Waals surface area contributed by atoms with Crippen LogP contribution in [0.1, 0.15) is 5.56 Å². The fourth-order valence-electron chi connectivity index (χ4n) is 3.14. The highest BCUT2D eigenvalue weighted by molar-refractivity contribution is 8.19. The summed E-state index contributed by atoms with van der Waals surface area (Å²) in [6, 6.07) is 16.1. The van der Waals surface area contributed by atoms with E-state index >= 15 is 0 Å². The molecule has 0 radical (unpaired) electrons. The molecule has 1 heterocycles. The minimum Gasteiger partial charge on any atom is -0.500 e. The molecule has 0 unspecified atom stereocenters. The molecule has 0 saturated carbocycles. The van der Waals surface area contributed by atoms with Gasteiger partial charge in [-0.2, -0.15) is 0 Å². The van der Waals surface area contributed by atoms with Gasteiger partial charge in [0.05, 0.1) is 28.3 Å². The largest absolute Gasteiger partial charge is 0.500 e. The normalized spacial score (nSPS) is 15.9. The highest BCUT2D eigenvalue weighted by atomic mass is 35.5. The average Bonchev–Trinajstić information content (AvgIpc) is 3.11. The minimum absolute atomic E-state index is 0.0823. The van der Waals surface area contributed by atoms with E-state index in [2.05, 4.69) is 4.99 Å². The Bertz CT molecular complexity index is 1340. The second kappa shape index (κ2) is 9.76. The van der Waals surface area contributed by atoms with Crippen molar-refractivity contribution < 1.29 is 19.6 Å². The number of rotatable bonds is 5. The van der Waals surface area contributed by atoms with Crippen LogP contribution >= 0.6 is 35.0 Å². The van der Waals surface area contributed by atoms with Crippen LogP contribution in [0, 0.1) is 10.1 Å². The third-order valence-corrected chi connectivity index (χ3v) is 6.21. The monoisotopic (exact) mass is 515 g/mol. The molecule has 11 heteroatoms. The average molecular weight is 516 g/mol. The number of carbonyl (C=O) groups is 1. The number of thioether (sulfide) groups is 1. The predicted octanol–water partition coefficient (Wildman–Crippen LogP) is 6.42. The second-order valence-corrected chi connectivity index (χ2v) is 8.83. The summed E-state index contributed by atoms with van der Waals surface area (Å²) in [5.41, 5.74) is 0.904. The van der Waals surface area contributed by atoms with Crippen LogP contribution in [0.2, 0.25) is 10.0 Å². The number of methoxy groups -OCH3 is 1. The van der Waals surface area contributed by atoms with Crippen LogP contribution in [0.4, 0.5) is 17.1 Å². The zero-order valence-electron chi connectivity index (χ0n) is 17.4. The van der Waals surface area contributed by atoms with Crippen LogP contribution in [0.15, 0.2) is 70.6 Å². The van der Waals surface area contributed by atoms with Crippen molar-refractivity contribution >= 4 is 69.2 Å². The molecule has 0 aromatic heterocycles. The fraction of sp³-hybridized carbons (Fsp3) is 0.0435. The predicted molar refractivity (Wildman–Crippen MR) is 134 cm³/mol. The number of hydrogen-bond donors (Lipinski definition) is 1. The van der Waals surface area contributed by atoms with Crippen LogP contribution in [0.5, 0.6) is 11.5 Å². The van der Waals surface area contributed by atoms with E-state index in [-0.39, 0.29) is 16.6 Å². The van der Waals surface area contributed by atoms with Gasteiger partial charge < -0.3 is 9.84 Å². The zero-order valence-corrected chi connectivity index (χ0v) is 19.8. The van der Waals surface area contributed by atoms with Crippen LogP contribution < -0.4 is 9.64 Å². The first kappa shape index (κ1) is 23.6. The molecular weight excluding hydrogens is 501 g/mol. The number of hydrogen-bond acceptors (Lipinski definition) is 7. The van der Waals surface area contributed by atoms with Gasteiger partial charge in [0.2, 0.25) is 5.75 Å². The molecule has 1 aliphatic heterocycles. The number of nitro groups is 1. The minimum atomic E-state index is -0.725. The summed E-state index contributed by atoms with van der Waals surface area (Å²) >= 11 is 13.1. The number of aliphatic imine (C=N–C) groups is 1. The van der Waals surface area contributed by atoms with E-state index in [1.807, 2.05) is 0 Å². The van der Waals surface area contributed by atoms with E-state index < -0.39 is 16.4 Å². The van der Waals surface area contributed by atoms with Gasteiger partial charge in [-0.05, 0) is 78.0 Å². The molecule has 4 rings (SSSR count). The first-order chi connectivity index (χ1) is 16.3. The van der Waals surface area contributed by atoms with Crippen molar-refractivity contribution in [1.29, 1.82) is 0 Å². The Hall–Kier alpha value is -3.53. The molecule has 1 aliphatic rings. The van der Waals surface area contributed by atoms with Gasteiger partial charge in [0.25, 0.3) is 5.91 Å². The summed E-state index contributed by atoms with van der Waals surface area (Å²) in [7, 11) is 1.28. The molecule has 34 heavy (non-hydrogen) atoms. The molecule has 3 aromatic rings. The summed E-state index contributed by atoms with van der Waals surface area (Å²) < 4.78 is 5.05. The number of amidine groups is 1. The number of amides is 1. The number of carbonyl (C=O) groups excluding carboxylic acids is 1. The van der Waals surface area contributed by atoms with E-state index in [1.54, 1.807) is 48.5 Å². The Kier molecular flexibility index (Phi) is 6.78. The van der Waals surface area contributed by atoms with Gasteiger partial charge in [0, 0.05) is 16.1 Å². The van der Waals surface area contributed by atoms with Gasteiger partial charge in [-0.15, -0.1) is 0 Å². The van der Waals surface area contributed by atoms with Gasteiger partial charge >= 0.3 is 5.69 Å². The highest BCUT2D eigenvalue weighted by Gasteiger charge is 2.35. The molecule has 0 bridgehead atoms. The number of anilines is 1. The Morgan fingerprint density at radius 2 is 1.71 bits per heavy atom. The molecule has 1 fully saturated rings. The molecular formula is C23H15Cl2N3O5S. The number of nitrogens with zero attached hydrogens (tertiary/aromatic N) is 3. The fourth-order valence-corrected chi connectivity index (χ4v) is 4.39. The standard InChI is InChI=1S/C23H15Cl2N3O5S/c1-33-19-11-13(10-18(21(19)29)28(31)32)12-20-22(30)27(17-8-4-15(25)5-9-17)23(34-20)26-16-6-2-14(24)3-7-16/h2-12,29H,1H3/b20-12-,26-23?. The number of aromatic hydroxyl groups is 1. The Morgan fingerprint density at radius 3 is 2.29 bits per heavy atom. The third kappa shape index (κ3) is 4.86. The number of ether oxygens (including phenoxy) is 1. The third-order valence-electron chi connectivity index (χ3n) is 4.73. The lowest BCUT2D eigenvalue weighted by Crippen LogP contribution is -2.28. The first-order valence-electron chi connectivity index (χ1n) is 9.66. The lowest BCUT2D eigenvalue weighted by Gasteiger charge is -2.15. The summed E-state index contributed by atoms with van der Waals surface area (Å²) in [6.07, 6.45) is 1.48. The molecule has 1 saturated heterocycles. The van der Waals surface area contributed by atoms with Crippen molar-refractivity contribution in [2.45, 2.75) is 0 Å². The van der Waals surface area contributed by atoms with E-state index in [1.165, 1.54) is 30.2 Å². The molecule has 1 N–H and O–H groups in total. The Balaban J connectivity index is 1.80. The summed E-state index contributed by atoms with van der Waals surface area (Å²) in [6.45, 7) is 0. The maximum Gasteiger partial charge on any atom is 0.315 e. The van der Waals surface area contributed by atoms with E-state index in [0.717, 1.165) is 11.8 Å².